The van der Waals surface area contributed by atoms with Gasteiger partial charge < -0.3 is 9.64 Å². The molecule has 3 aromatic heterocycles. The van der Waals surface area contributed by atoms with Crippen molar-refractivity contribution in [1.82, 2.24) is 14.5 Å². The number of fused-ring (bicyclic) bond motifs is 1. The molecule has 0 saturated carbocycles. The highest BCUT2D eigenvalue weighted by Crippen LogP contribution is 2.31. The van der Waals surface area contributed by atoms with E-state index in [0.717, 1.165) is 69.1 Å². The van der Waals surface area contributed by atoms with Crippen LogP contribution >= 0.6 is 0 Å². The fourth-order valence-corrected chi connectivity index (χ4v) is 3.95. The van der Waals surface area contributed by atoms with E-state index in [2.05, 4.69) is 72.5 Å². The SMILES string of the molecule is CCC.CCC/C=C(\CCC)c1cn(-c2ccc(N3CCOCC3)nc2)c2ncccc12.CCOO. The third-order valence-electron chi connectivity index (χ3n) is 5.58. The van der Waals surface area contributed by atoms with Gasteiger partial charge in [0.1, 0.15) is 11.5 Å². The molecule has 4 heterocycles. The smallest absolute Gasteiger partial charge is 0.145 e. The number of aromatic nitrogens is 3. The second-order valence-electron chi connectivity index (χ2n) is 8.65. The van der Waals surface area contributed by atoms with Gasteiger partial charge in [0, 0.05) is 36.4 Å². The first kappa shape index (κ1) is 29.5. The number of anilines is 1. The Morgan fingerprint density at radius 1 is 1.06 bits per heavy atom. The molecule has 0 atom stereocenters. The molecule has 7 nitrogen and oxygen atoms in total. The number of rotatable bonds is 8. The molecule has 4 rings (SSSR count). The Morgan fingerprint density at radius 3 is 2.36 bits per heavy atom. The second-order valence-corrected chi connectivity index (χ2v) is 8.65. The van der Waals surface area contributed by atoms with E-state index in [-0.39, 0.29) is 0 Å². The van der Waals surface area contributed by atoms with Gasteiger partial charge in [-0.2, -0.15) is 0 Å². The second kappa shape index (κ2) is 16.8. The van der Waals surface area contributed by atoms with Gasteiger partial charge in [-0.1, -0.05) is 53.0 Å². The minimum Gasteiger partial charge on any atom is -0.378 e. The van der Waals surface area contributed by atoms with E-state index in [1.165, 1.54) is 22.9 Å². The lowest BCUT2D eigenvalue weighted by atomic mass is 10.00. The molecule has 0 spiro atoms. The van der Waals surface area contributed by atoms with Gasteiger partial charge in [-0.25, -0.2) is 14.9 Å². The first-order valence-corrected chi connectivity index (χ1v) is 13.4. The maximum atomic E-state index is 7.38. The van der Waals surface area contributed by atoms with E-state index >= 15 is 0 Å². The van der Waals surface area contributed by atoms with Crippen LogP contribution in [0.1, 0.15) is 72.3 Å². The van der Waals surface area contributed by atoms with Crippen LogP contribution in [-0.4, -0.2) is 52.7 Å². The minimum atomic E-state index is 0.375. The van der Waals surface area contributed by atoms with Crippen molar-refractivity contribution in [2.24, 2.45) is 0 Å². The molecule has 0 radical (unpaired) electrons. The van der Waals surface area contributed by atoms with E-state index in [1.807, 2.05) is 18.5 Å². The number of morpholine rings is 1. The number of hydrogen-bond donors (Lipinski definition) is 1. The molecule has 1 aliphatic rings. The fraction of sp³-hybridized carbons (Fsp3) is 0.517. The summed E-state index contributed by atoms with van der Waals surface area (Å²) in [5.74, 6) is 1.01. The van der Waals surface area contributed by atoms with E-state index in [4.69, 9.17) is 20.0 Å². The molecule has 1 N–H and O–H groups in total. The Morgan fingerprint density at radius 2 is 1.78 bits per heavy atom. The monoisotopic (exact) mass is 496 g/mol. The fourth-order valence-electron chi connectivity index (χ4n) is 3.95. The molecule has 36 heavy (non-hydrogen) atoms. The first-order valence-electron chi connectivity index (χ1n) is 13.4. The number of ether oxygens (including phenoxy) is 1. The quantitative estimate of drug-likeness (QED) is 0.264. The van der Waals surface area contributed by atoms with Crippen LogP contribution in [0.25, 0.3) is 22.3 Å². The van der Waals surface area contributed by atoms with Gasteiger partial charge >= 0.3 is 0 Å². The summed E-state index contributed by atoms with van der Waals surface area (Å²) in [7, 11) is 0. The molecule has 1 fully saturated rings. The van der Waals surface area contributed by atoms with Gasteiger partial charge in [0.15, 0.2) is 0 Å². The zero-order valence-electron chi connectivity index (χ0n) is 22.7. The molecule has 7 heteroatoms. The molecule has 3 aromatic rings. The molecule has 1 aliphatic heterocycles. The van der Waals surface area contributed by atoms with Crippen LogP contribution < -0.4 is 4.90 Å². The third-order valence-corrected chi connectivity index (χ3v) is 5.58. The van der Waals surface area contributed by atoms with Crippen LogP contribution in [0.15, 0.2) is 48.9 Å². The van der Waals surface area contributed by atoms with E-state index in [9.17, 15) is 0 Å². The molecule has 0 amide bonds. The molecule has 0 aliphatic carbocycles. The summed E-state index contributed by atoms with van der Waals surface area (Å²) in [6, 6.07) is 8.46. The normalized spacial score (nSPS) is 13.6. The van der Waals surface area contributed by atoms with Gasteiger partial charge in [-0.05, 0) is 49.6 Å². The van der Waals surface area contributed by atoms with Gasteiger partial charge in [-0.15, -0.1) is 0 Å². The number of nitrogens with zero attached hydrogens (tertiary/aromatic N) is 4. The summed E-state index contributed by atoms with van der Waals surface area (Å²) < 4.78 is 7.63. The Kier molecular flexibility index (Phi) is 13.8. The summed E-state index contributed by atoms with van der Waals surface area (Å²) in [6.07, 6.45) is 14.2. The molecule has 0 unspecified atom stereocenters. The lowest BCUT2D eigenvalue weighted by Crippen LogP contribution is -2.36. The Hall–Kier alpha value is -2.74. The van der Waals surface area contributed by atoms with Crippen molar-refractivity contribution in [2.45, 2.75) is 66.7 Å². The van der Waals surface area contributed by atoms with Crippen molar-refractivity contribution in [1.29, 1.82) is 0 Å². The highest BCUT2D eigenvalue weighted by Gasteiger charge is 2.16. The predicted molar refractivity (Wildman–Crippen MR) is 150 cm³/mol. The van der Waals surface area contributed by atoms with Crippen LogP contribution in [0.3, 0.4) is 0 Å². The Balaban J connectivity index is 0.000000583. The summed E-state index contributed by atoms with van der Waals surface area (Å²) in [6.45, 7) is 14.1. The number of pyridine rings is 2. The standard InChI is InChI=1S/C24H30N4O.C3H8.C2H6O2/c1-3-5-8-19(7-4-2)22-18-28(24-21(22)9-6-12-25-24)20-10-11-23(26-17-20)27-13-15-29-16-14-27;1-3-2;1-2-4-3/h6,8-12,17-18H,3-5,7,13-16H2,1-2H3;3H2,1-2H3;3H,2H2,1H3/b19-8+;;. The summed E-state index contributed by atoms with van der Waals surface area (Å²) >= 11 is 0. The average Bonchev–Trinajstić information content (AvgIpc) is 3.32. The van der Waals surface area contributed by atoms with Crippen molar-refractivity contribution in [3.63, 3.8) is 0 Å². The highest BCUT2D eigenvalue weighted by atomic mass is 17.1. The maximum Gasteiger partial charge on any atom is 0.145 e. The first-order chi connectivity index (χ1) is 17.6. The maximum absolute atomic E-state index is 7.38. The van der Waals surface area contributed by atoms with Crippen LogP contribution in [0.4, 0.5) is 5.82 Å². The minimum absolute atomic E-state index is 0.375. The molecule has 198 valence electrons. The van der Waals surface area contributed by atoms with Gasteiger partial charge in [0.2, 0.25) is 0 Å². The van der Waals surface area contributed by atoms with E-state index in [0.29, 0.717) is 6.61 Å². The van der Waals surface area contributed by atoms with Gasteiger partial charge in [0.25, 0.3) is 0 Å². The summed E-state index contributed by atoms with van der Waals surface area (Å²) in [4.78, 5) is 15.2. The van der Waals surface area contributed by atoms with Crippen molar-refractivity contribution in [3.8, 4) is 5.69 Å². The molecular formula is C29H44N4O3. The molecular weight excluding hydrogens is 452 g/mol. The summed E-state index contributed by atoms with van der Waals surface area (Å²) in [5.41, 5.74) is 4.75. The van der Waals surface area contributed by atoms with Crippen molar-refractivity contribution < 1.29 is 14.9 Å². The topological polar surface area (TPSA) is 72.6 Å². The zero-order chi connectivity index (χ0) is 26.2. The highest BCUT2D eigenvalue weighted by molar-refractivity contribution is 5.92. The molecule has 0 bridgehead atoms. The number of unbranched alkanes of at least 4 members (excludes halogenated alkanes) is 1. The van der Waals surface area contributed by atoms with Crippen LogP contribution in [-0.2, 0) is 9.62 Å². The van der Waals surface area contributed by atoms with Gasteiger partial charge in [0.05, 0.1) is 31.7 Å². The largest absolute Gasteiger partial charge is 0.378 e. The van der Waals surface area contributed by atoms with Crippen molar-refractivity contribution >= 4 is 22.4 Å². The summed E-state index contributed by atoms with van der Waals surface area (Å²) in [5, 5.41) is 8.58. The van der Waals surface area contributed by atoms with Crippen LogP contribution in [0.2, 0.25) is 0 Å². The number of allylic oxidation sites excluding steroid dienone is 2. The van der Waals surface area contributed by atoms with E-state index < -0.39 is 0 Å². The average molecular weight is 497 g/mol. The number of hydrogen-bond acceptors (Lipinski definition) is 6. The third kappa shape index (κ3) is 8.43. The lowest BCUT2D eigenvalue weighted by molar-refractivity contribution is -0.237. The lowest BCUT2D eigenvalue weighted by Gasteiger charge is -2.27. The van der Waals surface area contributed by atoms with Crippen LogP contribution in [0, 0.1) is 0 Å². The predicted octanol–water partition coefficient (Wildman–Crippen LogP) is 7.15. The van der Waals surface area contributed by atoms with Crippen molar-refractivity contribution in [2.75, 3.05) is 37.8 Å². The van der Waals surface area contributed by atoms with Crippen LogP contribution in [0.5, 0.6) is 0 Å². The Bertz CT molecular complexity index is 1020. The Labute approximate surface area is 216 Å². The molecule has 0 aromatic carbocycles. The molecule has 1 saturated heterocycles. The zero-order valence-corrected chi connectivity index (χ0v) is 22.7. The van der Waals surface area contributed by atoms with Crippen molar-refractivity contribution in [3.05, 3.63) is 54.5 Å². The van der Waals surface area contributed by atoms with E-state index in [1.54, 1.807) is 6.92 Å². The van der Waals surface area contributed by atoms with Gasteiger partial charge in [-0.3, -0.25) is 9.82 Å².